The molecule has 2 aromatic rings. The second-order valence-electron chi connectivity index (χ2n) is 6.11. The molecule has 1 N–H and O–H groups in total. The molecule has 0 aliphatic carbocycles. The number of hydrogen-bond acceptors (Lipinski definition) is 5. The molecule has 0 radical (unpaired) electrons. The van der Waals surface area contributed by atoms with Gasteiger partial charge in [-0.05, 0) is 30.9 Å². The Kier molecular flexibility index (Phi) is 4.93. The standard InChI is InChI=1S/C18H22N4O2/c1-13-6-5-9-22(12-13)18(23)15-10-20-17(11-19-15)21-14-7-3-4-8-16(14)24-2/h3-4,7-8,10-11,13H,5-6,9,12H2,1-2H3,(H,20,21). The summed E-state index contributed by atoms with van der Waals surface area (Å²) in [6, 6.07) is 7.57. The lowest BCUT2D eigenvalue weighted by Crippen LogP contribution is -2.39. The van der Waals surface area contributed by atoms with Gasteiger partial charge in [0.1, 0.15) is 17.3 Å². The fraction of sp³-hybridized carbons (Fsp3) is 0.389. The van der Waals surface area contributed by atoms with Crippen molar-refractivity contribution in [3.63, 3.8) is 0 Å². The lowest BCUT2D eigenvalue weighted by atomic mass is 10.0. The van der Waals surface area contributed by atoms with E-state index in [9.17, 15) is 4.79 Å². The third-order valence-electron chi connectivity index (χ3n) is 4.18. The topological polar surface area (TPSA) is 67.3 Å². The van der Waals surface area contributed by atoms with Gasteiger partial charge in [-0.2, -0.15) is 0 Å². The molecule has 6 nitrogen and oxygen atoms in total. The van der Waals surface area contributed by atoms with Gasteiger partial charge in [-0.25, -0.2) is 9.97 Å². The largest absolute Gasteiger partial charge is 0.495 e. The number of carbonyl (C=O) groups is 1. The maximum Gasteiger partial charge on any atom is 0.274 e. The van der Waals surface area contributed by atoms with Crippen molar-refractivity contribution in [1.82, 2.24) is 14.9 Å². The molecule has 6 heteroatoms. The number of carbonyl (C=O) groups excluding carboxylic acids is 1. The Morgan fingerprint density at radius 2 is 2.12 bits per heavy atom. The van der Waals surface area contributed by atoms with Crippen molar-refractivity contribution in [2.24, 2.45) is 5.92 Å². The molecule has 3 rings (SSSR count). The number of methoxy groups -OCH3 is 1. The number of benzene rings is 1. The Labute approximate surface area is 141 Å². The van der Waals surface area contributed by atoms with Gasteiger partial charge < -0.3 is 15.0 Å². The summed E-state index contributed by atoms with van der Waals surface area (Å²) < 4.78 is 5.30. The van der Waals surface area contributed by atoms with E-state index in [4.69, 9.17) is 4.74 Å². The van der Waals surface area contributed by atoms with Gasteiger partial charge in [-0.15, -0.1) is 0 Å². The van der Waals surface area contributed by atoms with Gasteiger partial charge in [0.15, 0.2) is 0 Å². The molecular formula is C18H22N4O2. The number of nitrogens with zero attached hydrogens (tertiary/aromatic N) is 3. The Morgan fingerprint density at radius 1 is 1.29 bits per heavy atom. The summed E-state index contributed by atoms with van der Waals surface area (Å²) in [5.74, 6) is 1.80. The van der Waals surface area contributed by atoms with Gasteiger partial charge in [0.05, 0.1) is 25.2 Å². The highest BCUT2D eigenvalue weighted by Crippen LogP contribution is 2.26. The summed E-state index contributed by atoms with van der Waals surface area (Å²) in [6.07, 6.45) is 5.33. The fourth-order valence-corrected chi connectivity index (χ4v) is 2.92. The fourth-order valence-electron chi connectivity index (χ4n) is 2.92. The minimum Gasteiger partial charge on any atom is -0.495 e. The number of nitrogens with one attached hydrogen (secondary N) is 1. The molecule has 1 unspecified atom stereocenters. The second kappa shape index (κ2) is 7.29. The van der Waals surface area contributed by atoms with E-state index in [1.807, 2.05) is 29.2 Å². The number of likely N-dealkylation sites (tertiary alicyclic amines) is 1. The van der Waals surface area contributed by atoms with Crippen LogP contribution in [-0.2, 0) is 0 Å². The van der Waals surface area contributed by atoms with Crippen LogP contribution in [0.5, 0.6) is 5.75 Å². The van der Waals surface area contributed by atoms with Crippen LogP contribution in [0.15, 0.2) is 36.7 Å². The molecule has 1 aromatic heterocycles. The number of piperidine rings is 1. The number of rotatable bonds is 4. The first-order valence-corrected chi connectivity index (χ1v) is 8.18. The van der Waals surface area contributed by atoms with Crippen LogP contribution < -0.4 is 10.1 Å². The normalized spacial score (nSPS) is 17.4. The van der Waals surface area contributed by atoms with Crippen LogP contribution >= 0.6 is 0 Å². The summed E-state index contributed by atoms with van der Waals surface area (Å²) in [5.41, 5.74) is 1.19. The smallest absolute Gasteiger partial charge is 0.274 e. The van der Waals surface area contributed by atoms with Crippen LogP contribution in [0.4, 0.5) is 11.5 Å². The Hall–Kier alpha value is -2.63. The van der Waals surface area contributed by atoms with Crippen LogP contribution in [0, 0.1) is 5.92 Å². The predicted octanol–water partition coefficient (Wildman–Crippen LogP) is 3.10. The molecule has 0 spiro atoms. The number of hydrogen-bond donors (Lipinski definition) is 1. The number of para-hydroxylation sites is 2. The van der Waals surface area contributed by atoms with E-state index in [2.05, 4.69) is 22.2 Å². The Balaban J connectivity index is 1.70. The first-order chi connectivity index (χ1) is 11.7. The molecular weight excluding hydrogens is 304 g/mol. The molecule has 24 heavy (non-hydrogen) atoms. The molecule has 1 aliphatic heterocycles. The average molecular weight is 326 g/mol. The maximum absolute atomic E-state index is 12.5. The molecule has 1 aliphatic rings. The Morgan fingerprint density at radius 3 is 2.83 bits per heavy atom. The predicted molar refractivity (Wildman–Crippen MR) is 92.6 cm³/mol. The second-order valence-corrected chi connectivity index (χ2v) is 6.11. The third-order valence-corrected chi connectivity index (χ3v) is 4.18. The monoisotopic (exact) mass is 326 g/mol. The van der Waals surface area contributed by atoms with Crippen molar-refractivity contribution < 1.29 is 9.53 Å². The zero-order chi connectivity index (χ0) is 16.9. The zero-order valence-corrected chi connectivity index (χ0v) is 14.0. The van der Waals surface area contributed by atoms with Crippen LogP contribution in [0.25, 0.3) is 0 Å². The van der Waals surface area contributed by atoms with Crippen LogP contribution in [0.1, 0.15) is 30.3 Å². The Bertz CT molecular complexity index is 702. The summed E-state index contributed by atoms with van der Waals surface area (Å²) in [4.78, 5) is 22.9. The first-order valence-electron chi connectivity index (χ1n) is 8.18. The average Bonchev–Trinajstić information content (AvgIpc) is 2.62. The van der Waals surface area contributed by atoms with Crippen LogP contribution in [0.2, 0.25) is 0 Å². The van der Waals surface area contributed by atoms with Crippen LogP contribution in [-0.4, -0.2) is 41.0 Å². The van der Waals surface area contributed by atoms with Gasteiger partial charge in [0.2, 0.25) is 0 Å². The quantitative estimate of drug-likeness (QED) is 0.935. The van der Waals surface area contributed by atoms with Gasteiger partial charge >= 0.3 is 0 Å². The minimum atomic E-state index is -0.0436. The molecule has 0 saturated carbocycles. The summed E-state index contributed by atoms with van der Waals surface area (Å²) in [7, 11) is 1.62. The van der Waals surface area contributed by atoms with Crippen molar-refractivity contribution in [1.29, 1.82) is 0 Å². The number of amides is 1. The molecule has 126 valence electrons. The maximum atomic E-state index is 12.5. The molecule has 1 atom stereocenters. The molecule has 1 fully saturated rings. The number of aromatic nitrogens is 2. The lowest BCUT2D eigenvalue weighted by Gasteiger charge is -2.30. The van der Waals surface area contributed by atoms with E-state index < -0.39 is 0 Å². The highest BCUT2D eigenvalue weighted by atomic mass is 16.5. The zero-order valence-electron chi connectivity index (χ0n) is 14.0. The van der Waals surface area contributed by atoms with Gasteiger partial charge in [0, 0.05) is 13.1 Å². The van der Waals surface area contributed by atoms with Gasteiger partial charge in [-0.1, -0.05) is 19.1 Å². The molecule has 0 bridgehead atoms. The lowest BCUT2D eigenvalue weighted by molar-refractivity contribution is 0.0676. The van der Waals surface area contributed by atoms with E-state index >= 15 is 0 Å². The van der Waals surface area contributed by atoms with Crippen molar-refractivity contribution >= 4 is 17.4 Å². The summed E-state index contributed by atoms with van der Waals surface area (Å²) in [6.45, 7) is 3.76. The van der Waals surface area contributed by atoms with E-state index in [0.717, 1.165) is 30.9 Å². The summed E-state index contributed by atoms with van der Waals surface area (Å²) in [5, 5.41) is 3.15. The van der Waals surface area contributed by atoms with E-state index in [0.29, 0.717) is 17.4 Å². The number of ether oxygens (including phenoxy) is 1. The SMILES string of the molecule is COc1ccccc1Nc1cnc(C(=O)N2CCCC(C)C2)cn1. The van der Waals surface area contributed by atoms with Crippen molar-refractivity contribution in [2.75, 3.05) is 25.5 Å². The van der Waals surface area contributed by atoms with Crippen molar-refractivity contribution in [2.45, 2.75) is 19.8 Å². The summed E-state index contributed by atoms with van der Waals surface area (Å²) >= 11 is 0. The minimum absolute atomic E-state index is 0.0436. The molecule has 1 saturated heterocycles. The molecule has 1 aromatic carbocycles. The highest BCUT2D eigenvalue weighted by Gasteiger charge is 2.23. The van der Waals surface area contributed by atoms with Crippen molar-refractivity contribution in [3.8, 4) is 5.75 Å². The van der Waals surface area contributed by atoms with E-state index in [1.54, 1.807) is 13.3 Å². The molecule has 2 heterocycles. The third kappa shape index (κ3) is 3.64. The van der Waals surface area contributed by atoms with Crippen molar-refractivity contribution in [3.05, 3.63) is 42.4 Å². The number of anilines is 2. The van der Waals surface area contributed by atoms with Gasteiger partial charge in [-0.3, -0.25) is 4.79 Å². The first kappa shape index (κ1) is 16.2. The van der Waals surface area contributed by atoms with Gasteiger partial charge in [0.25, 0.3) is 5.91 Å². The van der Waals surface area contributed by atoms with Crippen LogP contribution in [0.3, 0.4) is 0 Å². The molecule has 1 amide bonds. The van der Waals surface area contributed by atoms with E-state index in [1.165, 1.54) is 12.6 Å². The highest BCUT2D eigenvalue weighted by molar-refractivity contribution is 5.92. The van der Waals surface area contributed by atoms with E-state index in [-0.39, 0.29) is 5.91 Å².